The van der Waals surface area contributed by atoms with Gasteiger partial charge in [-0.1, -0.05) is 34.3 Å². The smallest absolute Gasteiger partial charge is 0.381 e. The van der Waals surface area contributed by atoms with Gasteiger partial charge in [-0.3, -0.25) is 0 Å². The number of halogens is 3. The van der Waals surface area contributed by atoms with Crippen LogP contribution >= 0.6 is 0 Å². The van der Waals surface area contributed by atoms with Gasteiger partial charge in [0.2, 0.25) is 0 Å². The molecule has 0 aromatic rings. The van der Waals surface area contributed by atoms with Crippen LogP contribution in [0.5, 0.6) is 0 Å². The Bertz CT molecular complexity index is 548. The molecule has 2 saturated heterocycles. The molecule has 0 aromatic heterocycles. The fraction of sp³-hybridized carbons (Fsp3) is 0.833. The number of carbonyl (C=O) groups is 1. The first-order valence-corrected chi connectivity index (χ1v) is 10.7. The van der Waals surface area contributed by atoms with E-state index in [1.54, 1.807) is 0 Å². The molecule has 168 valence electrons. The monoisotopic (exact) mass is 434 g/mol. The molecule has 2 fully saturated rings. The lowest BCUT2D eigenvalue weighted by atomic mass is 9.92. The average Bonchev–Trinajstić information content (AvgIpc) is 3.04. The number of ether oxygens (including phenoxy) is 2. The molecule has 0 N–H and O–H groups in total. The predicted molar refractivity (Wildman–Crippen MR) is 101 cm³/mol. The van der Waals surface area contributed by atoms with E-state index in [4.69, 9.17) is 9.47 Å². The lowest BCUT2D eigenvalue weighted by Gasteiger charge is -2.34. The van der Waals surface area contributed by atoms with E-state index in [9.17, 15) is 26.4 Å². The molecule has 0 radical (unpaired) electrons. The van der Waals surface area contributed by atoms with Gasteiger partial charge in [-0.2, -0.15) is 21.6 Å². The highest BCUT2D eigenvalue weighted by Crippen LogP contribution is 2.35. The first-order chi connectivity index (χ1) is 12.9. The van der Waals surface area contributed by atoms with Gasteiger partial charge in [0.25, 0.3) is 0 Å². The minimum atomic E-state index is -5.51. The molecule has 2 aliphatic rings. The molecule has 2 atom stereocenters. The maximum absolute atomic E-state index is 11.6. The molecular weight excluding hydrogens is 401 g/mol. The first kappa shape index (κ1) is 29.1. The third kappa shape index (κ3) is 10.4. The lowest BCUT2D eigenvalue weighted by Crippen LogP contribution is -2.41. The van der Waals surface area contributed by atoms with Crippen LogP contribution in [0, 0.1) is 0 Å². The fourth-order valence-corrected chi connectivity index (χ4v) is 2.65. The van der Waals surface area contributed by atoms with E-state index in [2.05, 4.69) is 17.7 Å². The molecule has 0 aromatic carbocycles. The third-order valence-electron chi connectivity index (χ3n) is 3.71. The van der Waals surface area contributed by atoms with Crippen molar-refractivity contribution in [3.63, 3.8) is 0 Å². The van der Waals surface area contributed by atoms with Gasteiger partial charge in [-0.25, -0.2) is 0 Å². The third-order valence-corrected chi connectivity index (χ3v) is 4.74. The molecule has 0 saturated carbocycles. The molecular formula is C18H33F3O6S. The van der Waals surface area contributed by atoms with Crippen LogP contribution < -0.4 is 0 Å². The maximum Gasteiger partial charge on any atom is 0.534 e. The van der Waals surface area contributed by atoms with E-state index in [0.29, 0.717) is 12.5 Å². The van der Waals surface area contributed by atoms with Crippen molar-refractivity contribution in [2.75, 3.05) is 13.2 Å². The van der Waals surface area contributed by atoms with E-state index in [1.807, 2.05) is 20.8 Å². The summed E-state index contributed by atoms with van der Waals surface area (Å²) in [5, 5.41) is 0. The van der Waals surface area contributed by atoms with Crippen molar-refractivity contribution in [2.24, 2.45) is 0 Å². The van der Waals surface area contributed by atoms with Crippen molar-refractivity contribution in [1.29, 1.82) is 0 Å². The van der Waals surface area contributed by atoms with E-state index in [0.717, 1.165) is 25.9 Å². The predicted octanol–water partition coefficient (Wildman–Crippen LogP) is 4.74. The lowest BCUT2D eigenvalue weighted by molar-refractivity contribution is -0.112. The fourth-order valence-electron chi connectivity index (χ4n) is 2.13. The van der Waals surface area contributed by atoms with Crippen LogP contribution in [-0.2, 0) is 28.6 Å². The van der Waals surface area contributed by atoms with Crippen LogP contribution in [0.4, 0.5) is 13.2 Å². The summed E-state index contributed by atoms with van der Waals surface area (Å²) in [4.78, 5) is 9.17. The Morgan fingerprint density at radius 3 is 2.21 bits per heavy atom. The molecule has 2 aliphatic heterocycles. The number of allylic oxidation sites excluding steroid dienone is 1. The summed E-state index contributed by atoms with van der Waals surface area (Å²) in [5.41, 5.74) is -5.32. The van der Waals surface area contributed by atoms with Gasteiger partial charge in [0.15, 0.2) is 0 Å². The molecule has 0 unspecified atom stereocenters. The van der Waals surface area contributed by atoms with Gasteiger partial charge in [0, 0.05) is 32.5 Å². The maximum atomic E-state index is 11.6. The second-order valence-electron chi connectivity index (χ2n) is 5.86. The summed E-state index contributed by atoms with van der Waals surface area (Å²) in [5.74, 6) is -0.438. The second-order valence-corrected chi connectivity index (χ2v) is 7.40. The molecule has 6 nitrogen and oxygen atoms in total. The van der Waals surface area contributed by atoms with Crippen LogP contribution in [0.1, 0.15) is 66.7 Å². The zero-order valence-electron chi connectivity index (χ0n) is 17.3. The Kier molecular flexibility index (Phi) is 14.5. The molecule has 2 rings (SSSR count). The summed E-state index contributed by atoms with van der Waals surface area (Å²) in [6.07, 6.45) is 5.35. The zero-order valence-corrected chi connectivity index (χ0v) is 18.1. The Labute approximate surface area is 166 Å². The zero-order chi connectivity index (χ0) is 22.4. The first-order valence-electron chi connectivity index (χ1n) is 9.31. The summed E-state index contributed by atoms with van der Waals surface area (Å²) >= 11 is 0. The highest BCUT2D eigenvalue weighted by molar-refractivity contribution is 7.87. The highest BCUT2D eigenvalue weighted by atomic mass is 32.2. The molecule has 0 aliphatic carbocycles. The number of fused-ring (bicyclic) bond motifs is 1. The number of aldehydes is 1. The van der Waals surface area contributed by atoms with Crippen LogP contribution in [0.3, 0.4) is 0 Å². The van der Waals surface area contributed by atoms with Crippen LogP contribution in [0.25, 0.3) is 0 Å². The summed E-state index contributed by atoms with van der Waals surface area (Å²) in [6.45, 7) is 14.2. The average molecular weight is 435 g/mol. The Morgan fingerprint density at radius 2 is 1.82 bits per heavy atom. The Hall–Kier alpha value is -1.13. The van der Waals surface area contributed by atoms with Crippen LogP contribution in [0.15, 0.2) is 12.3 Å². The van der Waals surface area contributed by atoms with Gasteiger partial charge >= 0.3 is 15.6 Å². The van der Waals surface area contributed by atoms with Crippen molar-refractivity contribution in [3.05, 3.63) is 12.3 Å². The van der Waals surface area contributed by atoms with E-state index in [-0.39, 0.29) is 12.0 Å². The van der Waals surface area contributed by atoms with Crippen molar-refractivity contribution < 1.29 is 40.0 Å². The van der Waals surface area contributed by atoms with Crippen LogP contribution in [-0.4, -0.2) is 45.1 Å². The van der Waals surface area contributed by atoms with E-state index in [1.165, 1.54) is 19.8 Å². The van der Waals surface area contributed by atoms with E-state index >= 15 is 0 Å². The highest BCUT2D eigenvalue weighted by Gasteiger charge is 2.48. The number of rotatable bonds is 4. The second kappa shape index (κ2) is 13.9. The van der Waals surface area contributed by atoms with Crippen molar-refractivity contribution >= 4 is 16.4 Å². The minimum absolute atomic E-state index is 0.00924. The van der Waals surface area contributed by atoms with Gasteiger partial charge in [0.05, 0.1) is 11.7 Å². The molecule has 28 heavy (non-hydrogen) atoms. The molecule has 0 amide bonds. The number of hydrogen-bond acceptors (Lipinski definition) is 6. The summed E-state index contributed by atoms with van der Waals surface area (Å²) in [7, 11) is -5.51. The summed E-state index contributed by atoms with van der Waals surface area (Å²) < 4.78 is 70.0. The topological polar surface area (TPSA) is 78.9 Å². The molecule has 10 heteroatoms. The standard InChI is InChI=1S/C8H14O2.C5H7F3O3S.C3H6O.C2H6/c1-8-4-6-9-7(8)3-2-5-10-8;1-3-4(2)11-12(9,10)5(6,7)8;1-2-3-4;1-2/h7H,2-6H2,1H3;2-3H2,1H3;3H,2H2,1H3;1-2H3/t7-,8-;;;/m0.../s1. The molecule has 0 spiro atoms. The van der Waals surface area contributed by atoms with Crippen molar-refractivity contribution in [1.82, 2.24) is 0 Å². The SMILES string of the molecule is C=C(CC)OS(=O)(=O)C(F)(F)F.CC.CCC=O.C[C@]12CCO[C@H]1CCCO2. The minimum Gasteiger partial charge on any atom is -0.381 e. The molecule has 2 heterocycles. The van der Waals surface area contributed by atoms with Crippen molar-refractivity contribution in [2.45, 2.75) is 83.9 Å². The summed E-state index contributed by atoms with van der Waals surface area (Å²) in [6, 6.07) is 0. The normalized spacial score (nSPS) is 23.4. The van der Waals surface area contributed by atoms with Gasteiger partial charge in [-0.15, -0.1) is 0 Å². The van der Waals surface area contributed by atoms with Gasteiger partial charge in [-0.05, 0) is 19.8 Å². The Morgan fingerprint density at radius 1 is 1.29 bits per heavy atom. The quantitative estimate of drug-likeness (QED) is 0.275. The van der Waals surface area contributed by atoms with Crippen molar-refractivity contribution in [3.8, 4) is 0 Å². The van der Waals surface area contributed by atoms with Gasteiger partial charge < -0.3 is 18.5 Å². The van der Waals surface area contributed by atoms with Gasteiger partial charge in [0.1, 0.15) is 12.0 Å². The number of alkyl halides is 3. The molecule has 0 bridgehead atoms. The van der Waals surface area contributed by atoms with E-state index < -0.39 is 21.4 Å². The number of hydrogen-bond donors (Lipinski definition) is 0. The largest absolute Gasteiger partial charge is 0.534 e. The number of carbonyl (C=O) groups excluding carboxylic acids is 1. The van der Waals surface area contributed by atoms with Crippen LogP contribution in [0.2, 0.25) is 0 Å². The Balaban J connectivity index is 0.